The van der Waals surface area contributed by atoms with Gasteiger partial charge in [0.25, 0.3) is 0 Å². The molecule has 0 fully saturated rings. The fourth-order valence-corrected chi connectivity index (χ4v) is 2.67. The van der Waals surface area contributed by atoms with E-state index in [0.29, 0.717) is 18.6 Å². The van der Waals surface area contributed by atoms with Gasteiger partial charge in [-0.15, -0.1) is 11.3 Å². The minimum Gasteiger partial charge on any atom is -0.330 e. The van der Waals surface area contributed by atoms with Gasteiger partial charge in [-0.1, -0.05) is 24.4 Å². The minimum atomic E-state index is 0.311. The standard InChI is InChI=1S/C12H18ClNOS/c13-12-7-6-11(16-12)9-10(15)5-3-1-2-4-8-14/h6-7H,1-5,8-9,14H2. The van der Waals surface area contributed by atoms with Gasteiger partial charge in [-0.2, -0.15) is 0 Å². The Kier molecular flexibility index (Phi) is 6.69. The molecule has 1 aromatic rings. The minimum absolute atomic E-state index is 0.311. The molecule has 0 aromatic carbocycles. The summed E-state index contributed by atoms with van der Waals surface area (Å²) in [5, 5.41) is 0. The van der Waals surface area contributed by atoms with E-state index in [1.807, 2.05) is 12.1 Å². The van der Waals surface area contributed by atoms with Crippen molar-refractivity contribution in [2.24, 2.45) is 5.73 Å². The lowest BCUT2D eigenvalue weighted by Gasteiger charge is -1.99. The molecule has 2 N–H and O–H groups in total. The largest absolute Gasteiger partial charge is 0.330 e. The van der Waals surface area contributed by atoms with Gasteiger partial charge in [0.15, 0.2) is 0 Å². The Labute approximate surface area is 106 Å². The van der Waals surface area contributed by atoms with Crippen molar-refractivity contribution in [2.75, 3.05) is 6.54 Å². The van der Waals surface area contributed by atoms with Crippen molar-refractivity contribution in [1.29, 1.82) is 0 Å². The summed E-state index contributed by atoms with van der Waals surface area (Å²) in [5.41, 5.74) is 5.40. The van der Waals surface area contributed by atoms with Crippen LogP contribution in [0, 0.1) is 0 Å². The zero-order valence-electron chi connectivity index (χ0n) is 9.38. The van der Waals surface area contributed by atoms with Crippen molar-refractivity contribution in [1.82, 2.24) is 0 Å². The maximum absolute atomic E-state index is 11.6. The van der Waals surface area contributed by atoms with Crippen LogP contribution < -0.4 is 5.73 Å². The number of nitrogens with two attached hydrogens (primary N) is 1. The Balaban J connectivity index is 2.11. The molecule has 1 heterocycles. The molecule has 0 unspecified atom stereocenters. The van der Waals surface area contributed by atoms with E-state index < -0.39 is 0 Å². The topological polar surface area (TPSA) is 43.1 Å². The number of ketones is 1. The second kappa shape index (κ2) is 7.82. The lowest BCUT2D eigenvalue weighted by molar-refractivity contribution is -0.118. The van der Waals surface area contributed by atoms with E-state index in [4.69, 9.17) is 17.3 Å². The van der Waals surface area contributed by atoms with Crippen LogP contribution in [0.3, 0.4) is 0 Å². The zero-order valence-corrected chi connectivity index (χ0v) is 10.9. The van der Waals surface area contributed by atoms with Gasteiger partial charge in [0.1, 0.15) is 5.78 Å². The highest BCUT2D eigenvalue weighted by atomic mass is 35.5. The first kappa shape index (κ1) is 13.7. The second-order valence-corrected chi connectivity index (χ2v) is 5.67. The van der Waals surface area contributed by atoms with Crippen LogP contribution in [-0.4, -0.2) is 12.3 Å². The Hall–Kier alpha value is -0.380. The second-order valence-electron chi connectivity index (χ2n) is 3.87. The number of thiophene rings is 1. The molecule has 0 spiro atoms. The van der Waals surface area contributed by atoms with Gasteiger partial charge >= 0.3 is 0 Å². The quantitative estimate of drug-likeness (QED) is 0.727. The molecule has 4 heteroatoms. The Morgan fingerprint density at radius 3 is 2.62 bits per heavy atom. The Morgan fingerprint density at radius 2 is 2.00 bits per heavy atom. The van der Waals surface area contributed by atoms with E-state index in [-0.39, 0.29) is 0 Å². The third-order valence-electron chi connectivity index (χ3n) is 2.41. The predicted octanol–water partition coefficient (Wildman–Crippen LogP) is 3.42. The van der Waals surface area contributed by atoms with Crippen molar-refractivity contribution in [2.45, 2.75) is 38.5 Å². The average molecular weight is 260 g/mol. The van der Waals surface area contributed by atoms with Gasteiger partial charge in [0.2, 0.25) is 0 Å². The number of Topliss-reactive ketones (excluding diaryl/α,β-unsaturated/α-hetero) is 1. The highest BCUT2D eigenvalue weighted by Gasteiger charge is 2.05. The average Bonchev–Trinajstić information content (AvgIpc) is 2.63. The molecule has 0 atom stereocenters. The van der Waals surface area contributed by atoms with Gasteiger partial charge in [-0.25, -0.2) is 0 Å². The fourth-order valence-electron chi connectivity index (χ4n) is 1.55. The number of unbranched alkanes of at least 4 members (excludes halogenated alkanes) is 3. The lowest BCUT2D eigenvalue weighted by Crippen LogP contribution is -2.01. The van der Waals surface area contributed by atoms with E-state index in [1.54, 1.807) is 0 Å². The number of rotatable bonds is 8. The normalized spacial score (nSPS) is 10.6. The van der Waals surface area contributed by atoms with Gasteiger partial charge < -0.3 is 5.73 Å². The summed E-state index contributed by atoms with van der Waals surface area (Å²) in [7, 11) is 0. The molecule has 0 amide bonds. The van der Waals surface area contributed by atoms with Crippen molar-refractivity contribution in [3.8, 4) is 0 Å². The first-order valence-electron chi connectivity index (χ1n) is 5.68. The number of hydrogen-bond donors (Lipinski definition) is 1. The summed E-state index contributed by atoms with van der Waals surface area (Å²) in [6.45, 7) is 0.752. The number of hydrogen-bond acceptors (Lipinski definition) is 3. The van der Waals surface area contributed by atoms with Crippen LogP contribution in [0.5, 0.6) is 0 Å². The molecule has 0 radical (unpaired) electrons. The van der Waals surface area contributed by atoms with Gasteiger partial charge in [-0.05, 0) is 31.5 Å². The highest BCUT2D eigenvalue weighted by molar-refractivity contribution is 7.16. The van der Waals surface area contributed by atoms with Crippen LogP contribution in [0.25, 0.3) is 0 Å². The van der Waals surface area contributed by atoms with E-state index in [2.05, 4.69) is 0 Å². The molecule has 2 nitrogen and oxygen atoms in total. The number of carbonyl (C=O) groups excluding carboxylic acids is 1. The highest BCUT2D eigenvalue weighted by Crippen LogP contribution is 2.22. The van der Waals surface area contributed by atoms with E-state index >= 15 is 0 Å². The van der Waals surface area contributed by atoms with Crippen LogP contribution in [0.1, 0.15) is 37.0 Å². The molecule has 0 saturated carbocycles. The van der Waals surface area contributed by atoms with Crippen LogP contribution in [0.15, 0.2) is 12.1 Å². The van der Waals surface area contributed by atoms with Crippen LogP contribution in [0.4, 0.5) is 0 Å². The summed E-state index contributed by atoms with van der Waals surface area (Å²) in [5.74, 6) is 0.311. The predicted molar refractivity (Wildman–Crippen MR) is 70.2 cm³/mol. The molecule has 0 aliphatic heterocycles. The van der Waals surface area contributed by atoms with Gasteiger partial charge in [0, 0.05) is 17.7 Å². The summed E-state index contributed by atoms with van der Waals surface area (Å²) in [4.78, 5) is 12.7. The zero-order chi connectivity index (χ0) is 11.8. The fraction of sp³-hybridized carbons (Fsp3) is 0.583. The molecule has 90 valence electrons. The monoisotopic (exact) mass is 259 g/mol. The molecular weight excluding hydrogens is 242 g/mol. The smallest absolute Gasteiger partial charge is 0.138 e. The molecule has 1 rings (SSSR count). The SMILES string of the molecule is NCCCCCCC(=O)Cc1ccc(Cl)s1. The van der Waals surface area contributed by atoms with Gasteiger partial charge in [0.05, 0.1) is 4.34 Å². The summed E-state index contributed by atoms with van der Waals surface area (Å²) in [6, 6.07) is 3.77. The molecule has 0 bridgehead atoms. The molecule has 1 aromatic heterocycles. The van der Waals surface area contributed by atoms with Crippen molar-refractivity contribution in [3.05, 3.63) is 21.3 Å². The first-order valence-corrected chi connectivity index (χ1v) is 6.88. The number of halogens is 1. The van der Waals surface area contributed by atoms with Crippen LogP contribution >= 0.6 is 22.9 Å². The third kappa shape index (κ3) is 5.64. The first-order chi connectivity index (χ1) is 7.72. The molecular formula is C12H18ClNOS. The van der Waals surface area contributed by atoms with E-state index in [1.165, 1.54) is 11.3 Å². The van der Waals surface area contributed by atoms with Crippen LogP contribution in [-0.2, 0) is 11.2 Å². The number of carbonyl (C=O) groups is 1. The van der Waals surface area contributed by atoms with Crippen molar-refractivity contribution >= 4 is 28.7 Å². The lowest BCUT2D eigenvalue weighted by atomic mass is 10.1. The maximum atomic E-state index is 11.6. The van der Waals surface area contributed by atoms with E-state index in [9.17, 15) is 4.79 Å². The Bertz CT molecular complexity index is 325. The molecule has 0 saturated heterocycles. The molecule has 0 aliphatic carbocycles. The maximum Gasteiger partial charge on any atom is 0.138 e. The van der Waals surface area contributed by atoms with Crippen LogP contribution in [0.2, 0.25) is 4.34 Å². The molecule has 0 aliphatic rings. The third-order valence-corrected chi connectivity index (χ3v) is 3.64. The van der Waals surface area contributed by atoms with Crippen molar-refractivity contribution in [3.63, 3.8) is 0 Å². The summed E-state index contributed by atoms with van der Waals surface area (Å²) in [6.07, 6.45) is 5.50. The summed E-state index contributed by atoms with van der Waals surface area (Å²) < 4.78 is 0.755. The Morgan fingerprint density at radius 1 is 1.25 bits per heavy atom. The summed E-state index contributed by atoms with van der Waals surface area (Å²) >= 11 is 7.29. The van der Waals surface area contributed by atoms with E-state index in [0.717, 1.165) is 41.4 Å². The molecule has 16 heavy (non-hydrogen) atoms. The van der Waals surface area contributed by atoms with Crippen molar-refractivity contribution < 1.29 is 4.79 Å². The van der Waals surface area contributed by atoms with Gasteiger partial charge in [-0.3, -0.25) is 4.79 Å².